The van der Waals surface area contributed by atoms with Gasteiger partial charge in [0, 0.05) is 31.1 Å². The molecule has 4 rings (SSSR count). The number of benzene rings is 1. The number of imidazole rings is 1. The van der Waals surface area contributed by atoms with Gasteiger partial charge in [-0.25, -0.2) is 18.4 Å². The van der Waals surface area contributed by atoms with E-state index in [0.717, 1.165) is 11.3 Å². The lowest BCUT2D eigenvalue weighted by atomic mass is 10.3. The van der Waals surface area contributed by atoms with Gasteiger partial charge in [0.25, 0.3) is 10.0 Å². The van der Waals surface area contributed by atoms with Gasteiger partial charge in [-0.1, -0.05) is 11.3 Å². The van der Waals surface area contributed by atoms with E-state index in [1.165, 1.54) is 13.1 Å². The zero-order valence-corrected chi connectivity index (χ0v) is 17.6. The number of thiazole rings is 1. The zero-order valence-electron chi connectivity index (χ0n) is 16.0. The molecule has 0 aliphatic rings. The van der Waals surface area contributed by atoms with Crippen LogP contribution in [0.3, 0.4) is 0 Å². The molecule has 0 saturated heterocycles. The van der Waals surface area contributed by atoms with Gasteiger partial charge in [0.05, 0.1) is 6.20 Å². The maximum atomic E-state index is 12.5. The van der Waals surface area contributed by atoms with E-state index in [1.54, 1.807) is 59.7 Å². The predicted molar refractivity (Wildman–Crippen MR) is 113 cm³/mol. The maximum absolute atomic E-state index is 12.5. The third-order valence-electron chi connectivity index (χ3n) is 3.76. The van der Waals surface area contributed by atoms with Gasteiger partial charge < -0.3 is 10.1 Å². The second kappa shape index (κ2) is 8.49. The van der Waals surface area contributed by atoms with E-state index in [0.29, 0.717) is 17.3 Å². The van der Waals surface area contributed by atoms with Crippen LogP contribution in [0.2, 0.25) is 0 Å². The molecule has 11 nitrogen and oxygen atoms in total. The first-order valence-electron chi connectivity index (χ1n) is 8.75. The first kappa shape index (κ1) is 20.4. The van der Waals surface area contributed by atoms with Gasteiger partial charge >= 0.3 is 0 Å². The summed E-state index contributed by atoms with van der Waals surface area (Å²) in [7, 11) is -3.84. The Bertz CT molecular complexity index is 1290. The fourth-order valence-electron chi connectivity index (χ4n) is 2.41. The molecule has 0 atom stereocenters. The van der Waals surface area contributed by atoms with Gasteiger partial charge in [-0.05, 0) is 30.3 Å². The Morgan fingerprint density at radius 3 is 2.58 bits per heavy atom. The lowest BCUT2D eigenvalue weighted by Gasteiger charge is -2.08. The molecule has 4 aromatic rings. The van der Waals surface area contributed by atoms with Gasteiger partial charge in [-0.2, -0.15) is 0 Å². The Morgan fingerprint density at radius 1 is 1.13 bits per heavy atom. The number of hydrogen-bond donors (Lipinski definition) is 2. The van der Waals surface area contributed by atoms with Crippen LogP contribution in [0.15, 0.2) is 65.5 Å². The van der Waals surface area contributed by atoms with Gasteiger partial charge in [0.2, 0.25) is 11.8 Å². The summed E-state index contributed by atoms with van der Waals surface area (Å²) < 4.78 is 34.8. The van der Waals surface area contributed by atoms with Crippen LogP contribution >= 0.6 is 11.3 Å². The number of sulfonamides is 1. The van der Waals surface area contributed by atoms with Crippen LogP contribution < -0.4 is 14.8 Å². The molecule has 0 saturated carbocycles. The molecule has 31 heavy (non-hydrogen) atoms. The Labute approximate surface area is 180 Å². The van der Waals surface area contributed by atoms with E-state index in [9.17, 15) is 13.2 Å². The molecule has 0 fully saturated rings. The van der Waals surface area contributed by atoms with E-state index in [-0.39, 0.29) is 21.1 Å². The Balaban J connectivity index is 1.41. The second-order valence-electron chi connectivity index (χ2n) is 6.10. The molecule has 158 valence electrons. The molecule has 0 unspecified atom stereocenters. The number of rotatable bonds is 7. The maximum Gasteiger partial charge on any atom is 0.273 e. The third-order valence-corrected chi connectivity index (χ3v) is 6.51. The van der Waals surface area contributed by atoms with Crippen molar-refractivity contribution in [1.82, 2.24) is 24.7 Å². The zero-order chi connectivity index (χ0) is 21.8. The summed E-state index contributed by atoms with van der Waals surface area (Å²) in [5, 5.41) is 10.7. The van der Waals surface area contributed by atoms with E-state index < -0.39 is 10.0 Å². The van der Waals surface area contributed by atoms with Crippen molar-refractivity contribution in [3.63, 3.8) is 0 Å². The molecular formula is C18H15N7O4S2. The highest BCUT2D eigenvalue weighted by atomic mass is 32.2. The second-order valence-corrected chi connectivity index (χ2v) is 9.04. The topological polar surface area (TPSA) is 141 Å². The highest BCUT2D eigenvalue weighted by Gasteiger charge is 2.18. The first-order valence-corrected chi connectivity index (χ1v) is 11.1. The summed E-state index contributed by atoms with van der Waals surface area (Å²) in [5.41, 5.74) is 0.336. The van der Waals surface area contributed by atoms with Gasteiger partial charge in [0.1, 0.15) is 12.1 Å². The summed E-state index contributed by atoms with van der Waals surface area (Å²) in [6.07, 6.45) is 6.18. The number of amides is 1. The summed E-state index contributed by atoms with van der Waals surface area (Å²) in [4.78, 5) is 18.9. The Kier molecular flexibility index (Phi) is 5.60. The van der Waals surface area contributed by atoms with E-state index >= 15 is 0 Å². The highest BCUT2D eigenvalue weighted by molar-refractivity contribution is 7.94. The monoisotopic (exact) mass is 457 g/mol. The van der Waals surface area contributed by atoms with E-state index in [1.807, 2.05) is 0 Å². The number of nitrogens with one attached hydrogen (secondary N) is 2. The van der Waals surface area contributed by atoms with Crippen LogP contribution in [0.5, 0.6) is 11.6 Å². The first-order chi connectivity index (χ1) is 14.9. The number of anilines is 2. The normalized spacial score (nSPS) is 11.1. The standard InChI is InChI=1S/C18H15N7O4S2/c1-12(26)21-18-20-10-17(30-18)31(27,28)24-13-2-4-14(5-3-13)29-16-7-6-15(22-23-16)25-9-8-19-11-25/h2-11,24H,1H3,(H,20,21,26). The predicted octanol–water partition coefficient (Wildman–Crippen LogP) is 2.67. The van der Waals surface area contributed by atoms with Crippen LogP contribution in [-0.4, -0.2) is 39.1 Å². The number of hydrogen-bond acceptors (Lipinski definition) is 9. The van der Waals surface area contributed by atoms with E-state index in [4.69, 9.17) is 4.74 Å². The van der Waals surface area contributed by atoms with Gasteiger partial charge in [0.15, 0.2) is 15.2 Å². The summed E-state index contributed by atoms with van der Waals surface area (Å²) in [5.74, 6) is 1.01. The third kappa shape index (κ3) is 5.02. The molecule has 13 heteroatoms. The molecule has 1 amide bonds. The quantitative estimate of drug-likeness (QED) is 0.431. The largest absolute Gasteiger partial charge is 0.438 e. The Morgan fingerprint density at radius 2 is 1.94 bits per heavy atom. The van der Waals surface area contributed by atoms with Crippen molar-refractivity contribution in [2.75, 3.05) is 10.0 Å². The van der Waals surface area contributed by atoms with Crippen molar-refractivity contribution >= 4 is 38.1 Å². The van der Waals surface area contributed by atoms with Crippen molar-refractivity contribution in [3.05, 3.63) is 61.3 Å². The molecular weight excluding hydrogens is 442 g/mol. The van der Waals surface area contributed by atoms with Crippen molar-refractivity contribution in [2.24, 2.45) is 0 Å². The minimum absolute atomic E-state index is 0.0233. The Hall–Kier alpha value is -3.84. The molecule has 0 bridgehead atoms. The lowest BCUT2D eigenvalue weighted by Crippen LogP contribution is -2.11. The molecule has 0 aliphatic heterocycles. The van der Waals surface area contributed by atoms with Crippen LogP contribution in [0, 0.1) is 0 Å². The number of aromatic nitrogens is 5. The van der Waals surface area contributed by atoms with Gasteiger partial charge in [-0.3, -0.25) is 14.1 Å². The number of carbonyl (C=O) groups is 1. The van der Waals surface area contributed by atoms with E-state index in [2.05, 4.69) is 30.2 Å². The molecule has 3 aromatic heterocycles. The van der Waals surface area contributed by atoms with Crippen LogP contribution in [0.4, 0.5) is 10.8 Å². The van der Waals surface area contributed by atoms with Crippen molar-refractivity contribution in [1.29, 1.82) is 0 Å². The molecule has 0 spiro atoms. The average Bonchev–Trinajstić information content (AvgIpc) is 3.42. The average molecular weight is 457 g/mol. The fraction of sp³-hybridized carbons (Fsp3) is 0.0556. The summed E-state index contributed by atoms with van der Waals surface area (Å²) >= 11 is 0.853. The van der Waals surface area contributed by atoms with Crippen LogP contribution in [0.25, 0.3) is 5.82 Å². The summed E-state index contributed by atoms with van der Waals surface area (Å²) in [6.45, 7) is 1.32. The van der Waals surface area contributed by atoms with Crippen molar-refractivity contribution in [3.8, 4) is 17.4 Å². The molecule has 0 radical (unpaired) electrons. The molecule has 1 aromatic carbocycles. The number of ether oxygens (including phenoxy) is 1. The minimum atomic E-state index is -3.84. The van der Waals surface area contributed by atoms with Crippen molar-refractivity contribution < 1.29 is 17.9 Å². The smallest absolute Gasteiger partial charge is 0.273 e. The fourth-order valence-corrected chi connectivity index (χ4v) is 4.54. The summed E-state index contributed by atoms with van der Waals surface area (Å²) in [6, 6.07) is 9.69. The van der Waals surface area contributed by atoms with Crippen LogP contribution in [0.1, 0.15) is 6.92 Å². The minimum Gasteiger partial charge on any atom is -0.438 e. The highest BCUT2D eigenvalue weighted by Crippen LogP contribution is 2.26. The number of nitrogens with zero attached hydrogens (tertiary/aromatic N) is 5. The molecule has 2 N–H and O–H groups in total. The van der Waals surface area contributed by atoms with Gasteiger partial charge in [-0.15, -0.1) is 10.2 Å². The number of carbonyl (C=O) groups excluding carboxylic acids is 1. The molecule has 0 aliphatic carbocycles. The lowest BCUT2D eigenvalue weighted by molar-refractivity contribution is -0.114. The van der Waals surface area contributed by atoms with Crippen LogP contribution in [-0.2, 0) is 14.8 Å². The SMILES string of the molecule is CC(=O)Nc1ncc(S(=O)(=O)Nc2ccc(Oc3ccc(-n4ccnc4)nn3)cc2)s1. The van der Waals surface area contributed by atoms with Crippen molar-refractivity contribution in [2.45, 2.75) is 11.1 Å². The molecule has 3 heterocycles.